The normalized spacial score (nSPS) is 19.7. The van der Waals surface area contributed by atoms with Gasteiger partial charge >= 0.3 is 6.03 Å². The number of nitrogens with one attached hydrogen (secondary N) is 1. The first-order valence-electron chi connectivity index (χ1n) is 10.2. The third-order valence-corrected chi connectivity index (χ3v) is 5.88. The lowest BCUT2D eigenvalue weighted by Crippen LogP contribution is -2.40. The zero-order valence-corrected chi connectivity index (χ0v) is 15.9. The quantitative estimate of drug-likeness (QED) is 0.824. The molecule has 2 aliphatic heterocycles. The molecule has 2 aliphatic rings. The van der Waals surface area contributed by atoms with Crippen LogP contribution in [-0.2, 0) is 13.0 Å². The Bertz CT molecular complexity index is 761. The van der Waals surface area contributed by atoms with E-state index in [0.29, 0.717) is 5.92 Å². The van der Waals surface area contributed by atoms with Gasteiger partial charge in [0.2, 0.25) is 0 Å². The van der Waals surface area contributed by atoms with Gasteiger partial charge in [-0.25, -0.2) is 4.79 Å². The predicted molar refractivity (Wildman–Crippen MR) is 109 cm³/mol. The first-order chi connectivity index (χ1) is 13.3. The van der Waals surface area contributed by atoms with E-state index in [0.717, 1.165) is 58.5 Å². The Hall–Kier alpha value is -2.33. The molecule has 0 unspecified atom stereocenters. The number of likely N-dealkylation sites (tertiary alicyclic amines) is 1. The second-order valence-corrected chi connectivity index (χ2v) is 7.72. The lowest BCUT2D eigenvalue weighted by molar-refractivity contribution is 0.206. The third kappa shape index (κ3) is 4.51. The number of carbonyl (C=O) groups excluding carboxylic acids is 1. The Morgan fingerprint density at radius 1 is 1.00 bits per heavy atom. The maximum Gasteiger partial charge on any atom is 0.317 e. The molecule has 1 N–H and O–H groups in total. The zero-order valence-electron chi connectivity index (χ0n) is 15.9. The molecule has 2 aromatic rings. The lowest BCUT2D eigenvalue weighted by atomic mass is 9.99. The standard InChI is InChI=1S/C23H29N3O/c27-23(26-16-12-22(18-26)19-7-2-1-3-8-19)24-13-6-14-25-15-11-20-9-4-5-10-21(20)17-25/h1-5,7-10,22H,6,11-18H2,(H,24,27)/t22-/m1/s1. The van der Waals surface area contributed by atoms with Gasteiger partial charge in [0.15, 0.2) is 0 Å². The predicted octanol–water partition coefficient (Wildman–Crippen LogP) is 3.63. The summed E-state index contributed by atoms with van der Waals surface area (Å²) in [6.07, 6.45) is 3.20. The summed E-state index contributed by atoms with van der Waals surface area (Å²) in [5, 5.41) is 3.12. The van der Waals surface area contributed by atoms with Crippen molar-refractivity contribution in [2.24, 2.45) is 0 Å². The minimum Gasteiger partial charge on any atom is -0.338 e. The number of urea groups is 1. The van der Waals surface area contributed by atoms with E-state index < -0.39 is 0 Å². The third-order valence-electron chi connectivity index (χ3n) is 5.88. The van der Waals surface area contributed by atoms with Crippen molar-refractivity contribution in [3.05, 3.63) is 71.3 Å². The zero-order chi connectivity index (χ0) is 18.5. The molecule has 0 aliphatic carbocycles. The van der Waals surface area contributed by atoms with Crippen molar-refractivity contribution in [3.8, 4) is 0 Å². The van der Waals surface area contributed by atoms with E-state index in [1.165, 1.54) is 16.7 Å². The summed E-state index contributed by atoms with van der Waals surface area (Å²) in [6.45, 7) is 5.64. The Kier molecular flexibility index (Phi) is 5.73. The summed E-state index contributed by atoms with van der Waals surface area (Å²) < 4.78 is 0. The fraction of sp³-hybridized carbons (Fsp3) is 0.435. The SMILES string of the molecule is O=C(NCCCN1CCc2ccccc2C1)N1CC[C@@H](c2ccccc2)C1. The summed E-state index contributed by atoms with van der Waals surface area (Å²) in [7, 11) is 0. The number of amides is 2. The van der Waals surface area contributed by atoms with Crippen LogP contribution in [-0.4, -0.2) is 48.6 Å². The van der Waals surface area contributed by atoms with E-state index in [-0.39, 0.29) is 6.03 Å². The van der Waals surface area contributed by atoms with Crippen LogP contribution in [0, 0.1) is 0 Å². The smallest absolute Gasteiger partial charge is 0.317 e. The highest BCUT2D eigenvalue weighted by molar-refractivity contribution is 5.74. The highest BCUT2D eigenvalue weighted by atomic mass is 16.2. The van der Waals surface area contributed by atoms with Gasteiger partial charge in [0.25, 0.3) is 0 Å². The number of hydrogen-bond acceptors (Lipinski definition) is 2. The Labute approximate surface area is 162 Å². The maximum atomic E-state index is 12.4. The summed E-state index contributed by atoms with van der Waals surface area (Å²) in [4.78, 5) is 16.9. The average Bonchev–Trinajstić information content (AvgIpc) is 3.22. The topological polar surface area (TPSA) is 35.6 Å². The number of hydrogen-bond donors (Lipinski definition) is 1. The second kappa shape index (κ2) is 8.57. The fourth-order valence-corrected chi connectivity index (χ4v) is 4.30. The van der Waals surface area contributed by atoms with Crippen LogP contribution >= 0.6 is 0 Å². The van der Waals surface area contributed by atoms with Gasteiger partial charge < -0.3 is 10.2 Å². The van der Waals surface area contributed by atoms with Gasteiger partial charge in [0.05, 0.1) is 0 Å². The van der Waals surface area contributed by atoms with E-state index in [1.54, 1.807) is 0 Å². The Morgan fingerprint density at radius 2 is 1.78 bits per heavy atom. The molecule has 2 aromatic carbocycles. The average molecular weight is 364 g/mol. The minimum atomic E-state index is 0.0948. The summed E-state index contributed by atoms with van der Waals surface area (Å²) in [5.41, 5.74) is 4.29. The molecule has 27 heavy (non-hydrogen) atoms. The molecule has 4 nitrogen and oxygen atoms in total. The van der Waals surface area contributed by atoms with E-state index in [4.69, 9.17) is 0 Å². The van der Waals surface area contributed by atoms with Crippen LogP contribution in [0.5, 0.6) is 0 Å². The van der Waals surface area contributed by atoms with Gasteiger partial charge in [-0.15, -0.1) is 0 Å². The molecule has 0 saturated carbocycles. The summed E-state index contributed by atoms with van der Waals surface area (Å²) in [5.74, 6) is 0.477. The highest BCUT2D eigenvalue weighted by Crippen LogP contribution is 2.26. The molecule has 4 heteroatoms. The van der Waals surface area contributed by atoms with Gasteiger partial charge in [0, 0.05) is 45.2 Å². The molecule has 4 rings (SSSR count). The van der Waals surface area contributed by atoms with Crippen molar-refractivity contribution in [2.45, 2.75) is 31.7 Å². The molecule has 1 atom stereocenters. The van der Waals surface area contributed by atoms with E-state index >= 15 is 0 Å². The van der Waals surface area contributed by atoms with Crippen LogP contribution < -0.4 is 5.32 Å². The molecule has 1 saturated heterocycles. The molecule has 1 fully saturated rings. The molecule has 0 bridgehead atoms. The molecule has 0 radical (unpaired) electrons. The lowest BCUT2D eigenvalue weighted by Gasteiger charge is -2.28. The van der Waals surface area contributed by atoms with Crippen LogP contribution in [0.2, 0.25) is 0 Å². The number of carbonyl (C=O) groups is 1. The second-order valence-electron chi connectivity index (χ2n) is 7.72. The van der Waals surface area contributed by atoms with E-state index in [9.17, 15) is 4.79 Å². The molecule has 2 heterocycles. The van der Waals surface area contributed by atoms with Crippen LogP contribution in [0.25, 0.3) is 0 Å². The Morgan fingerprint density at radius 3 is 2.63 bits per heavy atom. The van der Waals surface area contributed by atoms with Crippen LogP contribution in [0.1, 0.15) is 35.4 Å². The largest absolute Gasteiger partial charge is 0.338 e. The fourth-order valence-electron chi connectivity index (χ4n) is 4.30. The van der Waals surface area contributed by atoms with E-state index in [1.807, 2.05) is 11.0 Å². The van der Waals surface area contributed by atoms with Crippen molar-refractivity contribution in [2.75, 3.05) is 32.7 Å². The van der Waals surface area contributed by atoms with Crippen molar-refractivity contribution in [3.63, 3.8) is 0 Å². The van der Waals surface area contributed by atoms with Gasteiger partial charge in [0.1, 0.15) is 0 Å². The van der Waals surface area contributed by atoms with Crippen LogP contribution in [0.4, 0.5) is 4.79 Å². The first-order valence-corrected chi connectivity index (χ1v) is 10.2. The Balaban J connectivity index is 1.17. The van der Waals surface area contributed by atoms with Crippen molar-refractivity contribution in [1.29, 1.82) is 0 Å². The number of rotatable bonds is 5. The molecule has 0 spiro atoms. The van der Waals surface area contributed by atoms with Gasteiger partial charge in [-0.05, 0) is 36.0 Å². The van der Waals surface area contributed by atoms with Crippen LogP contribution in [0.15, 0.2) is 54.6 Å². The number of benzene rings is 2. The first kappa shape index (κ1) is 18.1. The number of fused-ring (bicyclic) bond motifs is 1. The molecule has 0 aromatic heterocycles. The summed E-state index contributed by atoms with van der Waals surface area (Å²) >= 11 is 0. The van der Waals surface area contributed by atoms with Gasteiger partial charge in [-0.3, -0.25) is 4.90 Å². The minimum absolute atomic E-state index is 0.0948. The molecular weight excluding hydrogens is 334 g/mol. The van der Waals surface area contributed by atoms with Crippen LogP contribution in [0.3, 0.4) is 0 Å². The molecular formula is C23H29N3O. The summed E-state index contributed by atoms with van der Waals surface area (Å²) in [6, 6.07) is 19.4. The maximum absolute atomic E-state index is 12.4. The van der Waals surface area contributed by atoms with Gasteiger partial charge in [-0.2, -0.15) is 0 Å². The van der Waals surface area contributed by atoms with Crippen molar-refractivity contribution in [1.82, 2.24) is 15.1 Å². The molecule has 142 valence electrons. The van der Waals surface area contributed by atoms with E-state index in [2.05, 4.69) is 58.7 Å². The van der Waals surface area contributed by atoms with Crippen molar-refractivity contribution < 1.29 is 4.79 Å². The monoisotopic (exact) mass is 363 g/mol. The highest BCUT2D eigenvalue weighted by Gasteiger charge is 2.26. The molecule has 2 amide bonds. The van der Waals surface area contributed by atoms with Gasteiger partial charge in [-0.1, -0.05) is 54.6 Å². The van der Waals surface area contributed by atoms with Crippen molar-refractivity contribution >= 4 is 6.03 Å². The number of nitrogens with zero attached hydrogens (tertiary/aromatic N) is 2.